The van der Waals surface area contributed by atoms with Crippen molar-refractivity contribution in [3.8, 4) is 11.5 Å². The van der Waals surface area contributed by atoms with E-state index in [1.54, 1.807) is 0 Å². The lowest BCUT2D eigenvalue weighted by molar-refractivity contribution is 0.424. The van der Waals surface area contributed by atoms with Crippen molar-refractivity contribution in [1.29, 1.82) is 0 Å². The lowest BCUT2D eigenvalue weighted by Crippen LogP contribution is -1.90. The summed E-state index contributed by atoms with van der Waals surface area (Å²) in [6, 6.07) is 2.19. The predicted molar refractivity (Wildman–Crippen MR) is 52.4 cm³/mol. The number of hydrogen-bond donors (Lipinski definition) is 0. The van der Waals surface area contributed by atoms with Crippen LogP contribution in [0.1, 0.15) is 0 Å². The molecule has 2 aromatic rings. The molecular weight excluding hydrogens is 293 g/mol. The Balaban J connectivity index is 2.62. The maximum absolute atomic E-state index is 13.4. The fourth-order valence-electron chi connectivity index (χ4n) is 1.05. The molecule has 2 rings (SSSR count). The van der Waals surface area contributed by atoms with Crippen molar-refractivity contribution in [3.05, 3.63) is 33.5 Å². The Bertz CT molecular complexity index is 494. The molecular formula is C8H2BrClF2N2O. The van der Waals surface area contributed by atoms with E-state index in [2.05, 4.69) is 30.6 Å². The zero-order valence-electron chi connectivity index (χ0n) is 6.97. The minimum Gasteiger partial charge on any atom is -0.332 e. The average molecular weight is 295 g/mol. The second-order valence-corrected chi connectivity index (χ2v) is 3.87. The van der Waals surface area contributed by atoms with Gasteiger partial charge in [-0.25, -0.2) is 8.78 Å². The van der Waals surface area contributed by atoms with Crippen LogP contribution in [-0.4, -0.2) is 10.1 Å². The van der Waals surface area contributed by atoms with Crippen molar-refractivity contribution in [3.63, 3.8) is 0 Å². The lowest BCUT2D eigenvalue weighted by Gasteiger charge is -1.99. The van der Waals surface area contributed by atoms with E-state index in [-0.39, 0.29) is 15.6 Å². The van der Waals surface area contributed by atoms with Gasteiger partial charge in [0.2, 0.25) is 0 Å². The van der Waals surface area contributed by atoms with Crippen LogP contribution in [-0.2, 0) is 0 Å². The third kappa shape index (κ3) is 2.00. The van der Waals surface area contributed by atoms with Crippen LogP contribution in [0.4, 0.5) is 8.78 Å². The molecule has 1 aromatic carbocycles. The molecule has 0 saturated carbocycles. The van der Waals surface area contributed by atoms with Gasteiger partial charge in [0.05, 0.1) is 0 Å². The van der Waals surface area contributed by atoms with Gasteiger partial charge in [-0.2, -0.15) is 4.98 Å². The summed E-state index contributed by atoms with van der Waals surface area (Å²) in [4.78, 5) is 3.52. The number of rotatable bonds is 1. The van der Waals surface area contributed by atoms with Crippen LogP contribution < -0.4 is 0 Å². The fraction of sp³-hybridized carbons (Fsp3) is 0. The van der Waals surface area contributed by atoms with Crippen LogP contribution in [0.2, 0.25) is 5.28 Å². The van der Waals surface area contributed by atoms with Crippen LogP contribution in [0.5, 0.6) is 0 Å². The molecule has 1 aromatic heterocycles. The topological polar surface area (TPSA) is 38.9 Å². The summed E-state index contributed by atoms with van der Waals surface area (Å²) >= 11 is 8.33. The highest BCUT2D eigenvalue weighted by Crippen LogP contribution is 2.28. The van der Waals surface area contributed by atoms with E-state index in [9.17, 15) is 8.78 Å². The van der Waals surface area contributed by atoms with Crippen molar-refractivity contribution in [2.24, 2.45) is 0 Å². The monoisotopic (exact) mass is 294 g/mol. The maximum atomic E-state index is 13.4. The van der Waals surface area contributed by atoms with Crippen molar-refractivity contribution >= 4 is 27.5 Å². The largest absolute Gasteiger partial charge is 0.332 e. The van der Waals surface area contributed by atoms with E-state index in [1.807, 2.05) is 0 Å². The molecule has 7 heteroatoms. The van der Waals surface area contributed by atoms with Crippen LogP contribution in [0, 0.1) is 11.6 Å². The molecule has 0 fully saturated rings. The number of halogens is 4. The van der Waals surface area contributed by atoms with Gasteiger partial charge in [-0.05, 0) is 28.9 Å². The van der Waals surface area contributed by atoms with Crippen molar-refractivity contribution in [1.82, 2.24) is 10.1 Å². The van der Waals surface area contributed by atoms with Gasteiger partial charge in [0, 0.05) is 4.47 Å². The normalized spacial score (nSPS) is 10.7. The highest BCUT2D eigenvalue weighted by Gasteiger charge is 2.18. The quantitative estimate of drug-likeness (QED) is 0.809. The minimum absolute atomic E-state index is 0.202. The van der Waals surface area contributed by atoms with Crippen LogP contribution in [0.3, 0.4) is 0 Å². The first kappa shape index (κ1) is 10.5. The van der Waals surface area contributed by atoms with Crippen LogP contribution in [0.25, 0.3) is 11.5 Å². The predicted octanol–water partition coefficient (Wildman–Crippen LogP) is 3.43. The van der Waals surface area contributed by atoms with Gasteiger partial charge in [0.1, 0.15) is 17.2 Å². The van der Waals surface area contributed by atoms with Crippen molar-refractivity contribution < 1.29 is 13.3 Å². The van der Waals surface area contributed by atoms with E-state index in [1.165, 1.54) is 0 Å². The number of nitrogens with zero attached hydrogens (tertiary/aromatic N) is 2. The zero-order chi connectivity index (χ0) is 11.0. The van der Waals surface area contributed by atoms with Crippen molar-refractivity contribution in [2.75, 3.05) is 0 Å². The number of benzene rings is 1. The Hall–Kier alpha value is -1.01. The molecule has 0 amide bonds. The molecule has 0 unspecified atom stereocenters. The van der Waals surface area contributed by atoms with Gasteiger partial charge in [-0.3, -0.25) is 0 Å². The summed E-state index contributed by atoms with van der Waals surface area (Å²) in [7, 11) is 0. The van der Waals surface area contributed by atoms with Gasteiger partial charge in [0.15, 0.2) is 0 Å². The molecule has 0 aliphatic rings. The van der Waals surface area contributed by atoms with E-state index in [4.69, 9.17) is 11.6 Å². The van der Waals surface area contributed by atoms with Gasteiger partial charge < -0.3 is 4.52 Å². The molecule has 3 nitrogen and oxygen atoms in total. The average Bonchev–Trinajstić information content (AvgIpc) is 2.49. The van der Waals surface area contributed by atoms with Gasteiger partial charge in [-0.1, -0.05) is 15.9 Å². The zero-order valence-corrected chi connectivity index (χ0v) is 9.31. The first-order chi connectivity index (χ1) is 7.08. The summed E-state index contributed by atoms with van der Waals surface area (Å²) in [6.07, 6.45) is 0. The Kier molecular flexibility index (Phi) is 2.70. The van der Waals surface area contributed by atoms with E-state index in [0.717, 1.165) is 12.1 Å². The second kappa shape index (κ2) is 3.86. The van der Waals surface area contributed by atoms with Crippen LogP contribution >= 0.6 is 27.5 Å². The smallest absolute Gasteiger partial charge is 0.264 e. The summed E-state index contributed by atoms with van der Waals surface area (Å²) in [5.41, 5.74) is -0.391. The van der Waals surface area contributed by atoms with Gasteiger partial charge >= 0.3 is 0 Å². The Morgan fingerprint density at radius 2 is 1.87 bits per heavy atom. The van der Waals surface area contributed by atoms with E-state index < -0.39 is 17.2 Å². The molecule has 0 aliphatic heterocycles. The summed E-state index contributed by atoms with van der Waals surface area (Å²) < 4.78 is 31.6. The molecule has 0 atom stereocenters. The SMILES string of the molecule is Fc1cc(Br)cc(F)c1-c1nc(Cl)no1. The van der Waals surface area contributed by atoms with Crippen molar-refractivity contribution in [2.45, 2.75) is 0 Å². The highest BCUT2D eigenvalue weighted by molar-refractivity contribution is 9.10. The molecule has 78 valence electrons. The molecule has 0 aliphatic carbocycles. The lowest BCUT2D eigenvalue weighted by atomic mass is 10.2. The van der Waals surface area contributed by atoms with E-state index in [0.29, 0.717) is 0 Å². The summed E-state index contributed by atoms with van der Waals surface area (Å²) in [5, 5.41) is 3.03. The number of aromatic nitrogens is 2. The molecule has 0 radical (unpaired) electrons. The third-order valence-corrected chi connectivity index (χ3v) is 2.23. The maximum Gasteiger partial charge on any atom is 0.264 e. The summed E-state index contributed by atoms with van der Waals surface area (Å²) in [6.45, 7) is 0. The molecule has 15 heavy (non-hydrogen) atoms. The third-order valence-electron chi connectivity index (χ3n) is 1.62. The second-order valence-electron chi connectivity index (χ2n) is 2.61. The highest BCUT2D eigenvalue weighted by atomic mass is 79.9. The Morgan fingerprint density at radius 1 is 1.27 bits per heavy atom. The standard InChI is InChI=1S/C8H2BrClF2N2O/c9-3-1-4(11)6(5(12)2-3)7-13-8(10)14-15-7/h1-2H. The van der Waals surface area contributed by atoms with E-state index >= 15 is 0 Å². The summed E-state index contributed by atoms with van der Waals surface area (Å²) in [5.74, 6) is -1.90. The van der Waals surface area contributed by atoms with Gasteiger partial charge in [-0.15, -0.1) is 0 Å². The van der Waals surface area contributed by atoms with Crippen LogP contribution in [0.15, 0.2) is 21.1 Å². The molecule has 0 N–H and O–H groups in total. The molecule has 0 saturated heterocycles. The van der Waals surface area contributed by atoms with Gasteiger partial charge in [0.25, 0.3) is 11.2 Å². The first-order valence-corrected chi connectivity index (χ1v) is 4.89. The minimum atomic E-state index is -0.804. The number of hydrogen-bond acceptors (Lipinski definition) is 3. The Labute approximate surface area is 96.2 Å². The fourth-order valence-corrected chi connectivity index (χ4v) is 1.57. The molecule has 1 heterocycles. The first-order valence-electron chi connectivity index (χ1n) is 3.72. The Morgan fingerprint density at radius 3 is 2.33 bits per heavy atom. The molecule has 0 spiro atoms. The molecule has 0 bridgehead atoms.